The molecular formula is C12H10O3S. The van der Waals surface area contributed by atoms with E-state index >= 15 is 0 Å². The number of hydrogen-bond donors (Lipinski definition) is 1. The summed E-state index contributed by atoms with van der Waals surface area (Å²) in [5, 5.41) is 9.45. The summed E-state index contributed by atoms with van der Waals surface area (Å²) in [6, 6.07) is 15.2. The first-order valence-corrected chi connectivity index (χ1v) is 5.78. The van der Waals surface area contributed by atoms with Gasteiger partial charge in [0.1, 0.15) is 0 Å². The molecule has 2 rings (SSSR count). The van der Waals surface area contributed by atoms with Crippen molar-refractivity contribution in [2.75, 3.05) is 0 Å². The number of aromatic hydroxyl groups is 1. The van der Waals surface area contributed by atoms with Crippen LogP contribution in [0.15, 0.2) is 59.5 Å². The number of hydrogen-bond acceptors (Lipinski definition) is 3. The van der Waals surface area contributed by atoms with Crippen molar-refractivity contribution in [1.82, 2.24) is 0 Å². The molecule has 0 radical (unpaired) electrons. The Morgan fingerprint density at radius 1 is 0.938 bits per heavy atom. The van der Waals surface area contributed by atoms with Gasteiger partial charge in [0.25, 0.3) is 0 Å². The maximum absolute atomic E-state index is 11.7. The molecule has 0 saturated heterocycles. The fraction of sp³-hybridized carbons (Fsp3) is 0. The molecule has 0 aliphatic heterocycles. The van der Waals surface area contributed by atoms with Crippen molar-refractivity contribution >= 4 is 11.1 Å². The van der Waals surface area contributed by atoms with Gasteiger partial charge in [-0.25, -0.2) is 4.21 Å². The Kier molecular flexibility index (Phi) is 3.22. The summed E-state index contributed by atoms with van der Waals surface area (Å²) in [6.45, 7) is 0. The molecule has 0 heterocycles. The minimum Gasteiger partial charge on any atom is -0.504 e. The zero-order valence-electron chi connectivity index (χ0n) is 8.37. The topological polar surface area (TPSA) is 46.5 Å². The fourth-order valence-corrected chi connectivity index (χ4v) is 1.97. The van der Waals surface area contributed by atoms with Crippen LogP contribution in [0.4, 0.5) is 0 Å². The molecule has 0 aliphatic carbocycles. The number of phenols is 1. The lowest BCUT2D eigenvalue weighted by molar-refractivity contribution is 0.443. The Balaban J connectivity index is 2.18. The third kappa shape index (κ3) is 2.41. The zero-order valence-corrected chi connectivity index (χ0v) is 9.18. The molecule has 0 amide bonds. The third-order valence-corrected chi connectivity index (χ3v) is 2.95. The van der Waals surface area contributed by atoms with E-state index in [1.807, 2.05) is 6.07 Å². The van der Waals surface area contributed by atoms with Crippen molar-refractivity contribution < 1.29 is 13.5 Å². The highest BCUT2D eigenvalue weighted by Crippen LogP contribution is 2.26. The Labute approximate surface area is 96.0 Å². The maximum atomic E-state index is 11.7. The predicted molar refractivity (Wildman–Crippen MR) is 61.6 cm³/mol. The van der Waals surface area contributed by atoms with Gasteiger partial charge in [-0.2, -0.15) is 0 Å². The summed E-state index contributed by atoms with van der Waals surface area (Å²) >= 11 is -1.60. The zero-order chi connectivity index (χ0) is 11.4. The normalized spacial score (nSPS) is 12.0. The summed E-state index contributed by atoms with van der Waals surface area (Å²) in [5.74, 6) is 0.191. The molecule has 0 aromatic heterocycles. The van der Waals surface area contributed by atoms with E-state index in [-0.39, 0.29) is 11.5 Å². The third-order valence-electron chi connectivity index (χ3n) is 1.97. The second kappa shape index (κ2) is 4.81. The van der Waals surface area contributed by atoms with Crippen LogP contribution in [0.25, 0.3) is 0 Å². The monoisotopic (exact) mass is 234 g/mol. The first-order valence-electron chi connectivity index (χ1n) is 4.70. The Morgan fingerprint density at radius 2 is 1.56 bits per heavy atom. The van der Waals surface area contributed by atoms with Crippen molar-refractivity contribution in [1.29, 1.82) is 0 Å². The van der Waals surface area contributed by atoms with Crippen LogP contribution in [-0.2, 0) is 11.1 Å². The number of benzene rings is 2. The van der Waals surface area contributed by atoms with Gasteiger partial charge in [0.05, 0.1) is 4.90 Å². The van der Waals surface area contributed by atoms with Crippen LogP contribution in [0.1, 0.15) is 0 Å². The van der Waals surface area contributed by atoms with Gasteiger partial charge in [-0.05, 0) is 24.3 Å². The van der Waals surface area contributed by atoms with E-state index in [2.05, 4.69) is 0 Å². The van der Waals surface area contributed by atoms with Gasteiger partial charge in [0, 0.05) is 0 Å². The smallest absolute Gasteiger partial charge is 0.240 e. The van der Waals surface area contributed by atoms with Crippen LogP contribution in [0.3, 0.4) is 0 Å². The van der Waals surface area contributed by atoms with E-state index in [1.54, 1.807) is 42.5 Å². The lowest BCUT2D eigenvalue weighted by atomic mass is 10.3. The van der Waals surface area contributed by atoms with Gasteiger partial charge in [0.15, 0.2) is 11.5 Å². The fourth-order valence-electron chi connectivity index (χ4n) is 1.19. The second-order valence-corrected chi connectivity index (χ2v) is 4.21. The summed E-state index contributed by atoms with van der Waals surface area (Å²) in [5.41, 5.74) is 0. The van der Waals surface area contributed by atoms with E-state index in [0.717, 1.165) is 0 Å². The molecule has 2 aromatic carbocycles. The molecule has 0 bridgehead atoms. The molecule has 2 aromatic rings. The van der Waals surface area contributed by atoms with Gasteiger partial charge in [-0.1, -0.05) is 30.3 Å². The highest BCUT2D eigenvalue weighted by atomic mass is 32.2. The minimum absolute atomic E-state index is 0.0215. The average Bonchev–Trinajstić information content (AvgIpc) is 2.33. The van der Waals surface area contributed by atoms with Crippen LogP contribution in [0.2, 0.25) is 0 Å². The largest absolute Gasteiger partial charge is 0.504 e. The maximum Gasteiger partial charge on any atom is 0.240 e. The highest BCUT2D eigenvalue weighted by molar-refractivity contribution is 7.80. The number of phenolic OH excluding ortho intramolecular Hbond substituents is 1. The van der Waals surface area contributed by atoms with Crippen LogP contribution >= 0.6 is 0 Å². The molecule has 1 unspecified atom stereocenters. The molecular weight excluding hydrogens is 224 g/mol. The Morgan fingerprint density at radius 3 is 2.25 bits per heavy atom. The van der Waals surface area contributed by atoms with E-state index in [4.69, 9.17) is 4.18 Å². The summed E-state index contributed by atoms with van der Waals surface area (Å²) in [7, 11) is 0. The summed E-state index contributed by atoms with van der Waals surface area (Å²) in [6.07, 6.45) is 0. The number of rotatable bonds is 3. The van der Waals surface area contributed by atoms with E-state index in [9.17, 15) is 9.32 Å². The average molecular weight is 234 g/mol. The van der Waals surface area contributed by atoms with Crippen molar-refractivity contribution in [2.24, 2.45) is 0 Å². The van der Waals surface area contributed by atoms with Crippen LogP contribution in [0.5, 0.6) is 11.5 Å². The molecule has 0 fully saturated rings. The molecule has 4 heteroatoms. The number of para-hydroxylation sites is 2. The van der Waals surface area contributed by atoms with Crippen LogP contribution in [0, 0.1) is 0 Å². The molecule has 0 aliphatic rings. The van der Waals surface area contributed by atoms with E-state index in [1.165, 1.54) is 6.07 Å². The first-order chi connectivity index (χ1) is 7.77. The standard InChI is InChI=1S/C12H10O3S/c13-11-8-4-5-9-12(11)15-16(14)10-6-2-1-3-7-10/h1-9,13H. The van der Waals surface area contributed by atoms with Crippen LogP contribution in [-0.4, -0.2) is 9.32 Å². The van der Waals surface area contributed by atoms with E-state index < -0.39 is 11.1 Å². The molecule has 3 nitrogen and oxygen atoms in total. The van der Waals surface area contributed by atoms with Gasteiger partial charge in [0.2, 0.25) is 11.1 Å². The molecule has 1 N–H and O–H groups in total. The minimum atomic E-state index is -1.60. The summed E-state index contributed by atoms with van der Waals surface area (Å²) < 4.78 is 16.9. The van der Waals surface area contributed by atoms with Crippen molar-refractivity contribution in [2.45, 2.75) is 4.90 Å². The van der Waals surface area contributed by atoms with Gasteiger partial charge < -0.3 is 9.29 Å². The Bertz CT molecular complexity index is 497. The lowest BCUT2D eigenvalue weighted by Crippen LogP contribution is -2.00. The Hall–Kier alpha value is -1.81. The van der Waals surface area contributed by atoms with Crippen LogP contribution < -0.4 is 4.18 Å². The van der Waals surface area contributed by atoms with Crippen molar-refractivity contribution in [3.05, 3.63) is 54.6 Å². The quantitative estimate of drug-likeness (QED) is 0.887. The molecule has 0 saturated carbocycles. The lowest BCUT2D eigenvalue weighted by Gasteiger charge is -2.05. The summed E-state index contributed by atoms with van der Waals surface area (Å²) in [4.78, 5) is 0.561. The SMILES string of the molecule is O=S(Oc1ccccc1O)c1ccccc1. The molecule has 16 heavy (non-hydrogen) atoms. The first kappa shape index (κ1) is 10.7. The van der Waals surface area contributed by atoms with Crippen molar-refractivity contribution in [3.8, 4) is 11.5 Å². The van der Waals surface area contributed by atoms with E-state index in [0.29, 0.717) is 4.90 Å². The van der Waals surface area contributed by atoms with Gasteiger partial charge in [-0.15, -0.1) is 0 Å². The predicted octanol–water partition coefficient (Wildman–Crippen LogP) is 2.49. The molecule has 0 spiro atoms. The van der Waals surface area contributed by atoms with Gasteiger partial charge >= 0.3 is 0 Å². The van der Waals surface area contributed by atoms with Gasteiger partial charge in [-0.3, -0.25) is 0 Å². The second-order valence-electron chi connectivity index (χ2n) is 3.10. The highest BCUT2D eigenvalue weighted by Gasteiger charge is 2.08. The molecule has 1 atom stereocenters. The van der Waals surface area contributed by atoms with Crippen molar-refractivity contribution in [3.63, 3.8) is 0 Å². The molecule has 82 valence electrons.